The van der Waals surface area contributed by atoms with Gasteiger partial charge in [0.15, 0.2) is 0 Å². The highest BCUT2D eigenvalue weighted by Gasteiger charge is 2.12. The third-order valence-electron chi connectivity index (χ3n) is 6.23. The van der Waals surface area contributed by atoms with E-state index in [0.29, 0.717) is 92.5 Å². The number of hydrogen-bond acceptors (Lipinski definition) is 10. The van der Waals surface area contributed by atoms with Crippen LogP contribution in [0.1, 0.15) is 57.4 Å². The Morgan fingerprint density at radius 1 is 0.523 bits per heavy atom. The molecule has 12 nitrogen and oxygen atoms in total. The van der Waals surface area contributed by atoms with Crippen LogP contribution in [0.5, 0.6) is 5.75 Å². The van der Waals surface area contributed by atoms with Crippen LogP contribution in [0.3, 0.4) is 0 Å². The van der Waals surface area contributed by atoms with Crippen molar-refractivity contribution in [2.45, 2.75) is 58.3 Å². The molecular weight excluding hydrogens is 595 g/mol. The van der Waals surface area contributed by atoms with Gasteiger partial charge < -0.3 is 47.7 Å². The summed E-state index contributed by atoms with van der Waals surface area (Å²) in [5.41, 5.74) is 1.28. The topological polar surface area (TPSA) is 141 Å². The number of hydrogen-bond donors (Lipinski definition) is 2. The predicted molar refractivity (Wildman–Crippen MR) is 167 cm³/mol. The average Bonchev–Trinajstić information content (AvgIpc) is 3.00. The molecule has 1 aromatic rings. The molecular formula is C31H57O12P. The molecule has 0 aromatic heterocycles. The van der Waals surface area contributed by atoms with Gasteiger partial charge in [0.2, 0.25) is 0 Å². The molecule has 1 aromatic carbocycles. The van der Waals surface area contributed by atoms with Crippen molar-refractivity contribution in [1.82, 2.24) is 0 Å². The highest BCUT2D eigenvalue weighted by Crippen LogP contribution is 2.35. The van der Waals surface area contributed by atoms with E-state index < -0.39 is 7.82 Å². The number of unbranched alkanes of at least 4 members (excludes halogenated alkanes) is 6. The van der Waals surface area contributed by atoms with Crippen LogP contribution in [0.25, 0.3) is 0 Å². The fourth-order valence-electron chi connectivity index (χ4n) is 3.97. The fraction of sp³-hybridized carbons (Fsp3) is 0.806. The largest absolute Gasteiger partial charge is 0.491 e. The van der Waals surface area contributed by atoms with Crippen LogP contribution in [0, 0.1) is 0 Å². The number of phosphoric ester groups is 1. The number of phosphoric acid groups is 1. The minimum atomic E-state index is -4.43. The number of aryl methyl sites for hydroxylation is 1. The summed E-state index contributed by atoms with van der Waals surface area (Å²) >= 11 is 0. The summed E-state index contributed by atoms with van der Waals surface area (Å²) < 4.78 is 58.6. The first-order valence-corrected chi connectivity index (χ1v) is 17.5. The normalized spacial score (nSPS) is 11.8. The van der Waals surface area contributed by atoms with Crippen molar-refractivity contribution in [3.63, 3.8) is 0 Å². The molecule has 0 spiro atoms. The minimum absolute atomic E-state index is 0.0835. The second kappa shape index (κ2) is 30.5. The molecule has 0 aliphatic carbocycles. The Morgan fingerprint density at radius 3 is 1.36 bits per heavy atom. The quantitative estimate of drug-likeness (QED) is 0.0795. The molecule has 1 rings (SSSR count). The summed E-state index contributed by atoms with van der Waals surface area (Å²) in [5, 5.41) is 0. The predicted octanol–water partition coefficient (Wildman–Crippen LogP) is 4.58. The minimum Gasteiger partial charge on any atom is -0.491 e. The molecule has 0 fully saturated rings. The zero-order valence-electron chi connectivity index (χ0n) is 26.7. The molecule has 0 atom stereocenters. The van der Waals surface area contributed by atoms with Gasteiger partial charge >= 0.3 is 7.82 Å². The van der Waals surface area contributed by atoms with Gasteiger partial charge in [-0.2, -0.15) is 0 Å². The Hall–Kier alpha value is -1.15. The standard InChI is InChI=1S/C31H57O12P/c1-2-3-4-5-6-7-8-11-30-12-9-10-13-31(30)42-28-26-40-24-22-38-20-18-36-16-14-35-15-17-37-19-21-39-23-25-41-27-29-43-44(32,33)34/h9-10,12-13H,2-8,11,14-29H2,1H3,(H2,32,33,34). The van der Waals surface area contributed by atoms with Crippen LogP contribution >= 0.6 is 7.82 Å². The molecule has 0 radical (unpaired) electrons. The number of ether oxygens (including phenoxy) is 8. The van der Waals surface area contributed by atoms with Gasteiger partial charge in [-0.3, -0.25) is 4.52 Å². The molecule has 0 bridgehead atoms. The van der Waals surface area contributed by atoms with Gasteiger partial charge in [0.25, 0.3) is 0 Å². The maximum Gasteiger partial charge on any atom is 0.469 e. The van der Waals surface area contributed by atoms with Gasteiger partial charge in [-0.1, -0.05) is 63.6 Å². The fourth-order valence-corrected chi connectivity index (χ4v) is 4.28. The third kappa shape index (κ3) is 28.3. The van der Waals surface area contributed by atoms with E-state index in [2.05, 4.69) is 23.6 Å². The van der Waals surface area contributed by atoms with Crippen molar-refractivity contribution in [2.24, 2.45) is 0 Å². The molecule has 0 aliphatic rings. The number of rotatable bonds is 34. The second-order valence-corrected chi connectivity index (χ2v) is 11.2. The van der Waals surface area contributed by atoms with Crippen molar-refractivity contribution in [1.29, 1.82) is 0 Å². The van der Waals surface area contributed by atoms with Crippen molar-refractivity contribution in [3.05, 3.63) is 29.8 Å². The molecule has 44 heavy (non-hydrogen) atoms. The maximum atomic E-state index is 10.5. The lowest BCUT2D eigenvalue weighted by Crippen LogP contribution is -2.15. The highest BCUT2D eigenvalue weighted by molar-refractivity contribution is 7.46. The molecule has 0 saturated carbocycles. The molecule has 0 heterocycles. The average molecular weight is 653 g/mol. The molecule has 13 heteroatoms. The van der Waals surface area contributed by atoms with E-state index in [1.807, 2.05) is 12.1 Å². The second-order valence-electron chi connectivity index (χ2n) is 9.94. The lowest BCUT2D eigenvalue weighted by molar-refractivity contribution is -0.0221. The monoisotopic (exact) mass is 652 g/mol. The first kappa shape index (κ1) is 40.9. The molecule has 258 valence electrons. The van der Waals surface area contributed by atoms with Crippen molar-refractivity contribution in [3.8, 4) is 5.75 Å². The van der Waals surface area contributed by atoms with Gasteiger partial charge in [-0.05, 0) is 24.5 Å². The van der Waals surface area contributed by atoms with E-state index in [1.54, 1.807) is 0 Å². The Morgan fingerprint density at radius 2 is 0.909 bits per heavy atom. The third-order valence-corrected chi connectivity index (χ3v) is 6.75. The molecule has 0 aliphatic heterocycles. The lowest BCUT2D eigenvalue weighted by Gasteiger charge is -2.12. The number of benzene rings is 1. The van der Waals surface area contributed by atoms with E-state index in [0.717, 1.165) is 12.2 Å². The van der Waals surface area contributed by atoms with Crippen LogP contribution in [0.4, 0.5) is 0 Å². The zero-order valence-corrected chi connectivity index (χ0v) is 27.6. The van der Waals surface area contributed by atoms with E-state index in [1.165, 1.54) is 50.5 Å². The summed E-state index contributed by atoms with van der Waals surface area (Å²) in [7, 11) is -4.43. The van der Waals surface area contributed by atoms with E-state index >= 15 is 0 Å². The van der Waals surface area contributed by atoms with Gasteiger partial charge in [-0.15, -0.1) is 0 Å². The summed E-state index contributed by atoms with van der Waals surface area (Å²) in [4.78, 5) is 17.0. The lowest BCUT2D eigenvalue weighted by atomic mass is 10.0. The zero-order chi connectivity index (χ0) is 31.8. The van der Waals surface area contributed by atoms with Crippen LogP contribution in [0.2, 0.25) is 0 Å². The van der Waals surface area contributed by atoms with Gasteiger partial charge in [0.05, 0.1) is 99.1 Å². The van der Waals surface area contributed by atoms with Gasteiger partial charge in [0, 0.05) is 0 Å². The summed E-state index contributed by atoms with van der Waals surface area (Å²) in [5.74, 6) is 0.964. The summed E-state index contributed by atoms with van der Waals surface area (Å²) in [6, 6.07) is 8.30. The molecule has 0 unspecified atom stereocenters. The van der Waals surface area contributed by atoms with Gasteiger partial charge in [0.1, 0.15) is 12.4 Å². The Kier molecular flexibility index (Phi) is 28.3. The van der Waals surface area contributed by atoms with Crippen LogP contribution in [0.15, 0.2) is 24.3 Å². The van der Waals surface area contributed by atoms with Crippen molar-refractivity contribution in [2.75, 3.05) is 106 Å². The van der Waals surface area contributed by atoms with Crippen LogP contribution < -0.4 is 4.74 Å². The van der Waals surface area contributed by atoms with E-state index in [-0.39, 0.29) is 13.2 Å². The first-order valence-electron chi connectivity index (χ1n) is 16.0. The summed E-state index contributed by atoms with van der Waals surface area (Å²) in [6.45, 7) is 8.63. The smallest absolute Gasteiger partial charge is 0.469 e. The van der Waals surface area contributed by atoms with E-state index in [9.17, 15) is 4.57 Å². The Balaban J connectivity index is 1.79. The van der Waals surface area contributed by atoms with Gasteiger partial charge in [-0.25, -0.2) is 4.57 Å². The molecule has 2 N–H and O–H groups in total. The van der Waals surface area contributed by atoms with Crippen molar-refractivity contribution < 1.29 is 56.8 Å². The number of para-hydroxylation sites is 1. The summed E-state index contributed by atoms with van der Waals surface area (Å²) in [6.07, 6.45) is 10.2. The Labute approximate surface area is 264 Å². The highest BCUT2D eigenvalue weighted by atomic mass is 31.2. The van der Waals surface area contributed by atoms with E-state index in [4.69, 9.17) is 47.7 Å². The van der Waals surface area contributed by atoms with Crippen molar-refractivity contribution >= 4 is 7.82 Å². The van der Waals surface area contributed by atoms with Crippen LogP contribution in [-0.2, 0) is 48.7 Å². The Bertz CT molecular complexity index is 795. The SMILES string of the molecule is CCCCCCCCCc1ccccc1OCCOCCOCCOCCOCCOCCOCCOCCOP(=O)(O)O. The van der Waals surface area contributed by atoms with Crippen LogP contribution in [-0.4, -0.2) is 115 Å². The molecule has 0 amide bonds. The first-order chi connectivity index (χ1) is 21.5. The molecule has 0 saturated heterocycles. The maximum absolute atomic E-state index is 10.5.